The largest absolute Gasteiger partial charge is 0.496 e. The van der Waals surface area contributed by atoms with E-state index in [-0.39, 0.29) is 11.6 Å². The lowest BCUT2D eigenvalue weighted by molar-refractivity contribution is -0.384. The number of esters is 1. The number of carbonyl (C=O) groups is 1. The Hall–Kier alpha value is -2.31. The number of hydrogen-bond donors (Lipinski definition) is 1. The Morgan fingerprint density at radius 3 is 2.48 bits per heavy atom. The Morgan fingerprint density at radius 2 is 2.00 bits per heavy atom. The first-order chi connectivity index (χ1) is 9.87. The number of anilines is 1. The highest BCUT2D eigenvalue weighted by Gasteiger charge is 2.21. The summed E-state index contributed by atoms with van der Waals surface area (Å²) >= 11 is 0. The number of benzene rings is 1. The molecule has 0 saturated carbocycles. The number of nitro benzene ring substituents is 1. The molecule has 7 heteroatoms. The third-order valence-corrected chi connectivity index (χ3v) is 2.87. The molecule has 1 unspecified atom stereocenters. The van der Waals surface area contributed by atoms with Gasteiger partial charge in [0.15, 0.2) is 0 Å². The summed E-state index contributed by atoms with van der Waals surface area (Å²) in [5.74, 6) is 0.205. The van der Waals surface area contributed by atoms with Crippen LogP contribution in [0.1, 0.15) is 20.3 Å². The topological polar surface area (TPSA) is 90.7 Å². The van der Waals surface area contributed by atoms with Gasteiger partial charge < -0.3 is 14.8 Å². The van der Waals surface area contributed by atoms with Gasteiger partial charge in [-0.2, -0.15) is 0 Å². The van der Waals surface area contributed by atoms with Crippen molar-refractivity contribution >= 4 is 17.3 Å². The molecule has 21 heavy (non-hydrogen) atoms. The lowest BCUT2D eigenvalue weighted by Crippen LogP contribution is -2.32. The van der Waals surface area contributed by atoms with Crippen LogP contribution in [0.15, 0.2) is 18.2 Å². The lowest BCUT2D eigenvalue weighted by Gasteiger charge is -2.19. The second-order valence-electron chi connectivity index (χ2n) is 5.03. The smallest absolute Gasteiger partial charge is 0.328 e. The Labute approximate surface area is 123 Å². The minimum Gasteiger partial charge on any atom is -0.496 e. The van der Waals surface area contributed by atoms with Crippen LogP contribution in [-0.2, 0) is 9.53 Å². The Balaban J connectivity index is 3.04. The average molecular weight is 296 g/mol. The van der Waals surface area contributed by atoms with Crippen molar-refractivity contribution in [3.63, 3.8) is 0 Å². The quantitative estimate of drug-likeness (QED) is 0.472. The minimum atomic E-state index is -0.568. The Bertz CT molecular complexity index is 516. The van der Waals surface area contributed by atoms with Crippen molar-refractivity contribution < 1.29 is 19.2 Å². The molecule has 0 fully saturated rings. The van der Waals surface area contributed by atoms with Gasteiger partial charge in [-0.05, 0) is 12.3 Å². The van der Waals surface area contributed by atoms with Crippen LogP contribution in [0.5, 0.6) is 5.75 Å². The van der Waals surface area contributed by atoms with Crippen molar-refractivity contribution in [2.45, 2.75) is 26.3 Å². The van der Waals surface area contributed by atoms with Gasteiger partial charge in [-0.1, -0.05) is 13.8 Å². The maximum atomic E-state index is 11.8. The normalized spacial score (nSPS) is 11.9. The second-order valence-corrected chi connectivity index (χ2v) is 5.03. The Kier molecular flexibility index (Phi) is 5.95. The van der Waals surface area contributed by atoms with E-state index in [1.807, 2.05) is 13.8 Å². The van der Waals surface area contributed by atoms with Crippen molar-refractivity contribution in [3.8, 4) is 5.75 Å². The van der Waals surface area contributed by atoms with Crippen molar-refractivity contribution in [1.29, 1.82) is 0 Å². The van der Waals surface area contributed by atoms with Crippen LogP contribution in [0, 0.1) is 16.0 Å². The van der Waals surface area contributed by atoms with Crippen LogP contribution in [-0.4, -0.2) is 31.2 Å². The molecule has 0 spiro atoms. The average Bonchev–Trinajstić information content (AvgIpc) is 2.44. The van der Waals surface area contributed by atoms with Gasteiger partial charge >= 0.3 is 5.97 Å². The van der Waals surface area contributed by atoms with E-state index in [9.17, 15) is 14.9 Å². The van der Waals surface area contributed by atoms with Gasteiger partial charge in [0.05, 0.1) is 25.2 Å². The van der Waals surface area contributed by atoms with E-state index in [1.54, 1.807) is 6.07 Å². The van der Waals surface area contributed by atoms with Gasteiger partial charge in [0.2, 0.25) is 0 Å². The number of hydrogen-bond acceptors (Lipinski definition) is 6. The predicted octanol–water partition coefficient (Wildman–Crippen LogP) is 2.60. The van der Waals surface area contributed by atoms with Crippen LogP contribution in [0.3, 0.4) is 0 Å². The Morgan fingerprint density at radius 1 is 1.33 bits per heavy atom. The first-order valence-electron chi connectivity index (χ1n) is 6.55. The fourth-order valence-corrected chi connectivity index (χ4v) is 1.92. The van der Waals surface area contributed by atoms with Crippen molar-refractivity contribution in [2.75, 3.05) is 19.5 Å². The first kappa shape index (κ1) is 16.7. The summed E-state index contributed by atoms with van der Waals surface area (Å²) in [5, 5.41) is 13.9. The van der Waals surface area contributed by atoms with Crippen LogP contribution in [0.2, 0.25) is 0 Å². The molecule has 1 atom stereocenters. The molecule has 116 valence electrons. The molecular formula is C14H20N2O5. The zero-order valence-electron chi connectivity index (χ0n) is 12.6. The second kappa shape index (κ2) is 7.47. The van der Waals surface area contributed by atoms with E-state index in [0.717, 1.165) is 0 Å². The van der Waals surface area contributed by atoms with E-state index < -0.39 is 16.9 Å². The molecule has 0 aromatic heterocycles. The van der Waals surface area contributed by atoms with E-state index in [4.69, 9.17) is 9.47 Å². The van der Waals surface area contributed by atoms with E-state index in [2.05, 4.69) is 5.32 Å². The maximum absolute atomic E-state index is 11.8. The minimum absolute atomic E-state index is 0.106. The third kappa shape index (κ3) is 4.94. The highest BCUT2D eigenvalue weighted by Crippen LogP contribution is 2.27. The van der Waals surface area contributed by atoms with Gasteiger partial charge in [-0.15, -0.1) is 0 Å². The van der Waals surface area contributed by atoms with Crippen molar-refractivity contribution in [1.82, 2.24) is 0 Å². The molecule has 7 nitrogen and oxygen atoms in total. The number of ether oxygens (including phenoxy) is 2. The van der Waals surface area contributed by atoms with Crippen molar-refractivity contribution in [2.24, 2.45) is 5.92 Å². The summed E-state index contributed by atoms with van der Waals surface area (Å²) in [7, 11) is 2.74. The number of non-ortho nitro benzene ring substituents is 1. The van der Waals surface area contributed by atoms with Crippen LogP contribution in [0.4, 0.5) is 11.4 Å². The molecule has 1 rings (SSSR count). The molecule has 1 aromatic rings. The SMILES string of the molecule is COC(=O)C(CC(C)C)Nc1cc(OC)cc([N+](=O)[O-])c1. The molecule has 1 N–H and O–H groups in total. The van der Waals surface area contributed by atoms with E-state index in [1.165, 1.54) is 26.4 Å². The van der Waals surface area contributed by atoms with Crippen LogP contribution < -0.4 is 10.1 Å². The standard InChI is InChI=1S/C14H20N2O5/c1-9(2)5-13(14(17)21-4)15-10-6-11(16(18)19)8-12(7-10)20-3/h6-9,13,15H,5H2,1-4H3. The summed E-state index contributed by atoms with van der Waals surface area (Å²) in [6, 6.07) is 3.71. The van der Waals surface area contributed by atoms with Gasteiger partial charge in [-0.25, -0.2) is 4.79 Å². The number of nitrogens with one attached hydrogen (secondary N) is 1. The number of carbonyl (C=O) groups excluding carboxylic acids is 1. The summed E-state index contributed by atoms with van der Waals surface area (Å²) in [5.41, 5.74) is 0.335. The van der Waals surface area contributed by atoms with Crippen molar-refractivity contribution in [3.05, 3.63) is 28.3 Å². The first-order valence-corrected chi connectivity index (χ1v) is 6.55. The number of nitro groups is 1. The van der Waals surface area contributed by atoms with Crippen LogP contribution >= 0.6 is 0 Å². The molecular weight excluding hydrogens is 276 g/mol. The highest BCUT2D eigenvalue weighted by atomic mass is 16.6. The lowest BCUT2D eigenvalue weighted by atomic mass is 10.0. The zero-order valence-corrected chi connectivity index (χ0v) is 12.6. The molecule has 0 aliphatic heterocycles. The molecule has 0 heterocycles. The number of rotatable bonds is 7. The molecule has 0 radical (unpaired) electrons. The third-order valence-electron chi connectivity index (χ3n) is 2.87. The molecule has 1 aromatic carbocycles. The van der Waals surface area contributed by atoms with E-state index >= 15 is 0 Å². The summed E-state index contributed by atoms with van der Waals surface area (Å²) < 4.78 is 9.79. The number of nitrogens with zero attached hydrogens (tertiary/aromatic N) is 1. The van der Waals surface area contributed by atoms with Crippen LogP contribution in [0.25, 0.3) is 0 Å². The summed E-state index contributed by atoms with van der Waals surface area (Å²) in [6.07, 6.45) is 0.553. The molecule has 0 saturated heterocycles. The highest BCUT2D eigenvalue weighted by molar-refractivity contribution is 5.79. The van der Waals surface area contributed by atoms with E-state index in [0.29, 0.717) is 17.9 Å². The summed E-state index contributed by atoms with van der Waals surface area (Å²) in [6.45, 7) is 3.96. The van der Waals surface area contributed by atoms with Gasteiger partial charge in [-0.3, -0.25) is 10.1 Å². The maximum Gasteiger partial charge on any atom is 0.328 e. The monoisotopic (exact) mass is 296 g/mol. The predicted molar refractivity (Wildman–Crippen MR) is 78.5 cm³/mol. The molecule has 0 aliphatic carbocycles. The molecule has 0 bridgehead atoms. The molecule has 0 amide bonds. The van der Waals surface area contributed by atoms with Gasteiger partial charge in [0.25, 0.3) is 5.69 Å². The fourth-order valence-electron chi connectivity index (χ4n) is 1.92. The van der Waals surface area contributed by atoms with Gasteiger partial charge in [0.1, 0.15) is 11.8 Å². The van der Waals surface area contributed by atoms with Gasteiger partial charge in [0, 0.05) is 17.8 Å². The zero-order chi connectivity index (χ0) is 16.0. The number of methoxy groups -OCH3 is 2. The molecule has 0 aliphatic rings. The summed E-state index contributed by atoms with van der Waals surface area (Å²) in [4.78, 5) is 22.2. The fraction of sp³-hybridized carbons (Fsp3) is 0.500.